The number of amides is 2. The zero-order valence-corrected chi connectivity index (χ0v) is 13.1. The molecule has 0 saturated heterocycles. The number of likely N-dealkylation sites (N-methyl/N-ethyl adjacent to an activating group) is 1. The molecule has 0 aliphatic carbocycles. The average Bonchev–Trinajstić information content (AvgIpc) is 2.62. The summed E-state index contributed by atoms with van der Waals surface area (Å²) in [4.78, 5) is 39.3. The predicted molar refractivity (Wildman–Crippen MR) is 80.5 cm³/mol. The summed E-state index contributed by atoms with van der Waals surface area (Å²) in [7, 11) is 1.69. The molecule has 0 bridgehead atoms. The number of carbonyl (C=O) groups excluding carboxylic acids is 3. The maximum atomic E-state index is 12.2. The smallest absolute Gasteiger partial charge is 0.299 e. The van der Waals surface area contributed by atoms with E-state index < -0.39 is 11.7 Å². The number of hydrogen-bond donors (Lipinski definition) is 0. The number of aryl methyl sites for hydroxylation is 2. The Morgan fingerprint density at radius 3 is 2.43 bits per heavy atom. The predicted octanol–water partition coefficient (Wildman–Crippen LogP) is 1.70. The second kappa shape index (κ2) is 5.31. The van der Waals surface area contributed by atoms with Crippen molar-refractivity contribution < 1.29 is 14.4 Å². The zero-order valence-electron chi connectivity index (χ0n) is 13.1. The fourth-order valence-corrected chi connectivity index (χ4v) is 2.48. The molecule has 0 atom stereocenters. The first kappa shape index (κ1) is 15.2. The molecule has 1 aliphatic heterocycles. The van der Waals surface area contributed by atoms with Crippen molar-refractivity contribution in [3.8, 4) is 0 Å². The molecule has 1 aromatic carbocycles. The van der Waals surface area contributed by atoms with E-state index in [1.807, 2.05) is 33.8 Å². The van der Waals surface area contributed by atoms with E-state index in [1.54, 1.807) is 18.0 Å². The summed E-state index contributed by atoms with van der Waals surface area (Å²) in [5.74, 6) is -1.33. The van der Waals surface area contributed by atoms with Crippen LogP contribution in [0.2, 0.25) is 0 Å². The van der Waals surface area contributed by atoms with Gasteiger partial charge in [0.25, 0.3) is 11.7 Å². The second-order valence-corrected chi connectivity index (χ2v) is 5.79. The SMILES string of the molecule is Cc1cc(C)c2c(c1)N(CC(=O)N(C)C(C)C)C(=O)C2=O. The van der Waals surface area contributed by atoms with Crippen LogP contribution in [0.15, 0.2) is 12.1 Å². The molecule has 0 spiro atoms. The minimum absolute atomic E-state index is 0.0459. The van der Waals surface area contributed by atoms with Gasteiger partial charge >= 0.3 is 0 Å². The Bertz CT molecular complexity index is 635. The van der Waals surface area contributed by atoms with Gasteiger partial charge in [-0.05, 0) is 44.9 Å². The molecule has 0 radical (unpaired) electrons. The van der Waals surface area contributed by atoms with E-state index in [-0.39, 0.29) is 18.5 Å². The first-order chi connectivity index (χ1) is 9.73. The van der Waals surface area contributed by atoms with Gasteiger partial charge in [-0.2, -0.15) is 0 Å². The molecular formula is C16H20N2O3. The molecule has 2 rings (SSSR count). The Balaban J connectivity index is 2.38. The number of carbonyl (C=O) groups is 3. The number of anilines is 1. The van der Waals surface area contributed by atoms with Crippen molar-refractivity contribution in [1.29, 1.82) is 0 Å². The lowest BCUT2D eigenvalue weighted by Gasteiger charge is -2.25. The Morgan fingerprint density at radius 1 is 1.24 bits per heavy atom. The number of rotatable bonds is 3. The van der Waals surface area contributed by atoms with Gasteiger partial charge in [0.2, 0.25) is 5.91 Å². The Labute approximate surface area is 124 Å². The summed E-state index contributed by atoms with van der Waals surface area (Å²) in [6.45, 7) is 7.41. The molecule has 0 N–H and O–H groups in total. The van der Waals surface area contributed by atoms with Crippen LogP contribution in [-0.4, -0.2) is 42.1 Å². The number of ketones is 1. The van der Waals surface area contributed by atoms with E-state index in [9.17, 15) is 14.4 Å². The van der Waals surface area contributed by atoms with Crippen LogP contribution in [0.5, 0.6) is 0 Å². The van der Waals surface area contributed by atoms with Crippen LogP contribution in [0.4, 0.5) is 5.69 Å². The molecule has 5 nitrogen and oxygen atoms in total. The monoisotopic (exact) mass is 288 g/mol. The highest BCUT2D eigenvalue weighted by molar-refractivity contribution is 6.53. The molecular weight excluding hydrogens is 268 g/mol. The minimum atomic E-state index is -0.621. The number of Topliss-reactive ketones (excluding diaryl/α,β-unsaturated/α-hetero) is 1. The molecule has 0 aromatic heterocycles. The van der Waals surface area contributed by atoms with Crippen molar-refractivity contribution in [2.45, 2.75) is 33.7 Å². The summed E-state index contributed by atoms with van der Waals surface area (Å²) in [5, 5.41) is 0. The van der Waals surface area contributed by atoms with Crippen LogP contribution >= 0.6 is 0 Å². The fourth-order valence-electron chi connectivity index (χ4n) is 2.48. The Kier molecular flexibility index (Phi) is 3.85. The number of hydrogen-bond acceptors (Lipinski definition) is 3. The van der Waals surface area contributed by atoms with E-state index in [1.165, 1.54) is 4.90 Å². The van der Waals surface area contributed by atoms with Gasteiger partial charge in [-0.25, -0.2) is 0 Å². The van der Waals surface area contributed by atoms with Crippen molar-refractivity contribution in [3.63, 3.8) is 0 Å². The van der Waals surface area contributed by atoms with Gasteiger partial charge in [0.15, 0.2) is 0 Å². The molecule has 1 heterocycles. The maximum absolute atomic E-state index is 12.2. The highest BCUT2D eigenvalue weighted by Gasteiger charge is 2.38. The lowest BCUT2D eigenvalue weighted by atomic mass is 10.0. The van der Waals surface area contributed by atoms with Crippen molar-refractivity contribution >= 4 is 23.3 Å². The van der Waals surface area contributed by atoms with Crippen LogP contribution in [0.3, 0.4) is 0 Å². The van der Waals surface area contributed by atoms with Gasteiger partial charge in [-0.15, -0.1) is 0 Å². The van der Waals surface area contributed by atoms with Crippen LogP contribution in [-0.2, 0) is 9.59 Å². The summed E-state index contributed by atoms with van der Waals surface area (Å²) < 4.78 is 0. The van der Waals surface area contributed by atoms with E-state index in [0.29, 0.717) is 11.3 Å². The average molecular weight is 288 g/mol. The third kappa shape index (κ3) is 2.55. The first-order valence-electron chi connectivity index (χ1n) is 6.97. The number of benzene rings is 1. The molecule has 0 fully saturated rings. The molecule has 1 aliphatic rings. The van der Waals surface area contributed by atoms with E-state index in [4.69, 9.17) is 0 Å². The van der Waals surface area contributed by atoms with E-state index >= 15 is 0 Å². The summed E-state index contributed by atoms with van der Waals surface area (Å²) >= 11 is 0. The first-order valence-corrected chi connectivity index (χ1v) is 6.97. The molecule has 0 saturated carbocycles. The van der Waals surface area contributed by atoms with Crippen LogP contribution in [0.25, 0.3) is 0 Å². The summed E-state index contributed by atoms with van der Waals surface area (Å²) in [5.41, 5.74) is 2.71. The van der Waals surface area contributed by atoms with Gasteiger partial charge in [-0.3, -0.25) is 19.3 Å². The maximum Gasteiger partial charge on any atom is 0.299 e. The van der Waals surface area contributed by atoms with Crippen molar-refractivity contribution in [2.75, 3.05) is 18.5 Å². The second-order valence-electron chi connectivity index (χ2n) is 5.79. The normalized spacial score (nSPS) is 13.9. The molecule has 1 aromatic rings. The summed E-state index contributed by atoms with van der Waals surface area (Å²) in [6.07, 6.45) is 0. The number of nitrogens with zero attached hydrogens (tertiary/aromatic N) is 2. The fraction of sp³-hybridized carbons (Fsp3) is 0.438. The van der Waals surface area contributed by atoms with Gasteiger partial charge in [-0.1, -0.05) is 6.07 Å². The largest absolute Gasteiger partial charge is 0.342 e. The van der Waals surface area contributed by atoms with Crippen LogP contribution in [0.1, 0.15) is 35.3 Å². The Morgan fingerprint density at radius 2 is 1.86 bits per heavy atom. The van der Waals surface area contributed by atoms with Gasteiger partial charge in [0, 0.05) is 13.1 Å². The lowest BCUT2D eigenvalue weighted by Crippen LogP contribution is -2.43. The van der Waals surface area contributed by atoms with Gasteiger partial charge in [0.05, 0.1) is 11.3 Å². The summed E-state index contributed by atoms with van der Waals surface area (Å²) in [6, 6.07) is 3.70. The molecule has 21 heavy (non-hydrogen) atoms. The molecule has 0 unspecified atom stereocenters. The Hall–Kier alpha value is -2.17. The van der Waals surface area contributed by atoms with Crippen molar-refractivity contribution in [3.05, 3.63) is 28.8 Å². The van der Waals surface area contributed by atoms with Crippen LogP contribution in [0, 0.1) is 13.8 Å². The minimum Gasteiger partial charge on any atom is -0.342 e. The zero-order chi connectivity index (χ0) is 15.9. The van der Waals surface area contributed by atoms with Crippen LogP contribution < -0.4 is 4.90 Å². The van der Waals surface area contributed by atoms with E-state index in [0.717, 1.165) is 11.1 Å². The van der Waals surface area contributed by atoms with Crippen molar-refractivity contribution in [1.82, 2.24) is 4.90 Å². The topological polar surface area (TPSA) is 57.7 Å². The number of fused-ring (bicyclic) bond motifs is 1. The molecule has 5 heteroatoms. The van der Waals surface area contributed by atoms with E-state index in [2.05, 4.69) is 0 Å². The van der Waals surface area contributed by atoms with Gasteiger partial charge < -0.3 is 4.90 Å². The third-order valence-electron chi connectivity index (χ3n) is 3.88. The molecule has 2 amide bonds. The third-order valence-corrected chi connectivity index (χ3v) is 3.88. The highest BCUT2D eigenvalue weighted by Crippen LogP contribution is 2.32. The quantitative estimate of drug-likeness (QED) is 0.795. The molecule has 112 valence electrons. The highest BCUT2D eigenvalue weighted by atomic mass is 16.2. The lowest BCUT2D eigenvalue weighted by molar-refractivity contribution is -0.131. The van der Waals surface area contributed by atoms with Gasteiger partial charge in [0.1, 0.15) is 6.54 Å². The standard InChI is InChI=1S/C16H20N2O3/c1-9(2)17(5)13(19)8-18-12-7-10(3)6-11(4)14(12)15(20)16(18)21/h6-7,9H,8H2,1-5H3. The van der Waals surface area contributed by atoms with Crippen molar-refractivity contribution in [2.24, 2.45) is 0 Å².